The van der Waals surface area contributed by atoms with Gasteiger partial charge in [0.05, 0.1) is 21.2 Å². The minimum atomic E-state index is -4.59. The Bertz CT molecular complexity index is 969. The highest BCUT2D eigenvalue weighted by molar-refractivity contribution is 6.37. The minimum absolute atomic E-state index is 0.0759. The second-order valence-electron chi connectivity index (χ2n) is 5.50. The summed E-state index contributed by atoms with van der Waals surface area (Å²) in [6.07, 6.45) is -1.43. The van der Waals surface area contributed by atoms with Crippen LogP contribution in [0.4, 0.5) is 13.2 Å². The van der Waals surface area contributed by atoms with Crippen LogP contribution in [0.2, 0.25) is 10.0 Å². The smallest absolute Gasteiger partial charge is 0.416 e. The second-order valence-corrected chi connectivity index (χ2v) is 6.32. The number of carbonyl (C=O) groups is 1. The van der Waals surface area contributed by atoms with Crippen molar-refractivity contribution in [1.29, 1.82) is 0 Å². The van der Waals surface area contributed by atoms with Crippen molar-refractivity contribution in [2.75, 3.05) is 0 Å². The number of aromatic nitrogens is 2. The predicted molar refractivity (Wildman–Crippen MR) is 95.6 cm³/mol. The van der Waals surface area contributed by atoms with Gasteiger partial charge in [-0.2, -0.15) is 18.3 Å². The van der Waals surface area contributed by atoms with Crippen LogP contribution in [-0.4, -0.2) is 15.7 Å². The first-order valence-corrected chi connectivity index (χ1v) is 8.48. The second kappa shape index (κ2) is 8.12. The molecule has 0 amide bonds. The summed E-state index contributed by atoms with van der Waals surface area (Å²) in [5, 5.41) is 3.28. The predicted octanol–water partition coefficient (Wildman–Crippen LogP) is 5.82. The van der Waals surface area contributed by atoms with Crippen molar-refractivity contribution in [1.82, 2.24) is 9.78 Å². The fraction of sp³-hybridized carbons (Fsp3) is 0.111. The van der Waals surface area contributed by atoms with Crippen LogP contribution in [0.15, 0.2) is 54.9 Å². The number of carbonyl (C=O) groups excluding carboxylic acids is 1. The van der Waals surface area contributed by atoms with E-state index < -0.39 is 17.7 Å². The number of halogens is 5. The van der Waals surface area contributed by atoms with Crippen molar-refractivity contribution in [2.24, 2.45) is 0 Å². The SMILES string of the molecule is O=C(OCn1cccn1)c1cccc(Oc2c(Cl)cc(C(F)(F)F)cc2Cl)c1. The van der Waals surface area contributed by atoms with E-state index in [2.05, 4.69) is 5.10 Å². The van der Waals surface area contributed by atoms with Crippen LogP contribution in [0.1, 0.15) is 15.9 Å². The fourth-order valence-corrected chi connectivity index (χ4v) is 2.77. The van der Waals surface area contributed by atoms with Gasteiger partial charge in [0, 0.05) is 12.4 Å². The number of esters is 1. The molecule has 0 radical (unpaired) electrons. The van der Waals surface area contributed by atoms with Gasteiger partial charge in [-0.3, -0.25) is 0 Å². The molecule has 0 spiro atoms. The summed E-state index contributed by atoms with van der Waals surface area (Å²) < 4.78 is 50.4. The lowest BCUT2D eigenvalue weighted by molar-refractivity contribution is -0.137. The molecule has 3 rings (SSSR count). The van der Waals surface area contributed by atoms with E-state index in [9.17, 15) is 18.0 Å². The van der Waals surface area contributed by atoms with E-state index in [-0.39, 0.29) is 33.8 Å². The monoisotopic (exact) mass is 430 g/mol. The summed E-state index contributed by atoms with van der Waals surface area (Å²) in [6.45, 7) is -0.0759. The third kappa shape index (κ3) is 4.76. The third-order valence-corrected chi connectivity index (χ3v) is 4.06. The molecule has 0 saturated heterocycles. The molecule has 0 saturated carbocycles. The van der Waals surface area contributed by atoms with Crippen molar-refractivity contribution < 1.29 is 27.4 Å². The van der Waals surface area contributed by atoms with Gasteiger partial charge in [0.2, 0.25) is 0 Å². The van der Waals surface area contributed by atoms with E-state index in [0.29, 0.717) is 12.1 Å². The molecule has 28 heavy (non-hydrogen) atoms. The average molecular weight is 431 g/mol. The number of benzene rings is 2. The van der Waals surface area contributed by atoms with Gasteiger partial charge in [0.25, 0.3) is 0 Å². The van der Waals surface area contributed by atoms with Crippen molar-refractivity contribution in [3.8, 4) is 11.5 Å². The molecular formula is C18H11Cl2F3N2O3. The Kier molecular flexibility index (Phi) is 5.81. The Morgan fingerprint density at radius 1 is 1.11 bits per heavy atom. The van der Waals surface area contributed by atoms with Gasteiger partial charge in [0.15, 0.2) is 12.5 Å². The van der Waals surface area contributed by atoms with Gasteiger partial charge in [-0.25, -0.2) is 9.48 Å². The zero-order valence-electron chi connectivity index (χ0n) is 13.9. The molecule has 10 heteroatoms. The van der Waals surface area contributed by atoms with Crippen molar-refractivity contribution in [2.45, 2.75) is 12.9 Å². The maximum absolute atomic E-state index is 12.8. The van der Waals surface area contributed by atoms with Gasteiger partial charge < -0.3 is 9.47 Å². The zero-order chi connectivity index (χ0) is 20.3. The normalized spacial score (nSPS) is 11.3. The Balaban J connectivity index is 1.77. The Hall–Kier alpha value is -2.71. The molecular weight excluding hydrogens is 420 g/mol. The molecule has 0 N–H and O–H groups in total. The van der Waals surface area contributed by atoms with E-state index >= 15 is 0 Å². The zero-order valence-corrected chi connectivity index (χ0v) is 15.4. The molecule has 0 aliphatic rings. The van der Waals surface area contributed by atoms with Crippen molar-refractivity contribution in [3.05, 3.63) is 76.0 Å². The molecule has 0 atom stereocenters. The number of hydrogen-bond acceptors (Lipinski definition) is 4. The maximum Gasteiger partial charge on any atom is 0.416 e. The lowest BCUT2D eigenvalue weighted by Gasteiger charge is -2.13. The van der Waals surface area contributed by atoms with Gasteiger partial charge in [-0.15, -0.1) is 0 Å². The molecule has 5 nitrogen and oxygen atoms in total. The molecule has 0 aliphatic carbocycles. The molecule has 1 heterocycles. The molecule has 0 unspecified atom stereocenters. The lowest BCUT2D eigenvalue weighted by Crippen LogP contribution is -2.10. The number of hydrogen-bond donors (Lipinski definition) is 0. The first-order valence-electron chi connectivity index (χ1n) is 7.73. The maximum atomic E-state index is 12.8. The Morgan fingerprint density at radius 3 is 2.43 bits per heavy atom. The van der Waals surface area contributed by atoms with E-state index in [1.807, 2.05) is 0 Å². The molecule has 1 aromatic heterocycles. The van der Waals surface area contributed by atoms with E-state index in [0.717, 1.165) is 0 Å². The molecule has 146 valence electrons. The summed E-state index contributed by atoms with van der Waals surface area (Å²) in [4.78, 5) is 12.1. The summed E-state index contributed by atoms with van der Waals surface area (Å²) in [5.41, 5.74) is -0.824. The van der Waals surface area contributed by atoms with Crippen LogP contribution in [0.3, 0.4) is 0 Å². The van der Waals surface area contributed by atoms with Crippen LogP contribution in [0, 0.1) is 0 Å². The fourth-order valence-electron chi connectivity index (χ4n) is 2.21. The molecule has 0 bridgehead atoms. The highest BCUT2D eigenvalue weighted by Gasteiger charge is 2.32. The van der Waals surface area contributed by atoms with Crippen LogP contribution in [-0.2, 0) is 17.6 Å². The summed E-state index contributed by atoms with van der Waals surface area (Å²) in [5.74, 6) is -0.638. The molecule has 0 fully saturated rings. The number of nitrogens with zero attached hydrogens (tertiary/aromatic N) is 2. The highest BCUT2D eigenvalue weighted by atomic mass is 35.5. The van der Waals surface area contributed by atoms with E-state index in [1.54, 1.807) is 18.5 Å². The van der Waals surface area contributed by atoms with Gasteiger partial charge >= 0.3 is 12.1 Å². The first kappa shape index (κ1) is 20.0. The van der Waals surface area contributed by atoms with Crippen LogP contribution in [0.25, 0.3) is 0 Å². The van der Waals surface area contributed by atoms with E-state index in [4.69, 9.17) is 32.7 Å². The molecule has 0 aliphatic heterocycles. The average Bonchev–Trinajstić information content (AvgIpc) is 3.15. The molecule has 3 aromatic rings. The lowest BCUT2D eigenvalue weighted by atomic mass is 10.2. The van der Waals surface area contributed by atoms with Gasteiger partial charge in [-0.05, 0) is 36.4 Å². The minimum Gasteiger partial charge on any atom is -0.454 e. The summed E-state index contributed by atoms with van der Waals surface area (Å²) >= 11 is 11.8. The van der Waals surface area contributed by atoms with Gasteiger partial charge in [-0.1, -0.05) is 29.3 Å². The van der Waals surface area contributed by atoms with Crippen molar-refractivity contribution >= 4 is 29.2 Å². The summed E-state index contributed by atoms with van der Waals surface area (Å²) in [7, 11) is 0. The Labute approximate surface area is 167 Å². The summed E-state index contributed by atoms with van der Waals surface area (Å²) in [6, 6.07) is 8.97. The topological polar surface area (TPSA) is 53.4 Å². The number of ether oxygens (including phenoxy) is 2. The first-order chi connectivity index (χ1) is 13.2. The highest BCUT2D eigenvalue weighted by Crippen LogP contribution is 2.41. The number of alkyl halides is 3. The quantitative estimate of drug-likeness (QED) is 0.478. The van der Waals surface area contributed by atoms with Crippen LogP contribution in [0.5, 0.6) is 11.5 Å². The third-order valence-electron chi connectivity index (χ3n) is 3.50. The number of rotatable bonds is 5. The van der Waals surface area contributed by atoms with Gasteiger partial charge in [0.1, 0.15) is 5.75 Å². The molecule has 2 aromatic carbocycles. The Morgan fingerprint density at radius 2 is 1.82 bits per heavy atom. The largest absolute Gasteiger partial charge is 0.454 e. The van der Waals surface area contributed by atoms with Crippen LogP contribution < -0.4 is 4.74 Å². The van der Waals surface area contributed by atoms with E-state index in [1.165, 1.54) is 28.9 Å². The van der Waals surface area contributed by atoms with Crippen LogP contribution >= 0.6 is 23.2 Å². The standard InChI is InChI=1S/C18H11Cl2F3N2O3/c19-14-8-12(18(21,22)23)9-15(20)16(14)28-13-4-1-3-11(7-13)17(26)27-10-25-6-2-5-24-25/h1-9H,10H2. The van der Waals surface area contributed by atoms with Crippen molar-refractivity contribution in [3.63, 3.8) is 0 Å².